The van der Waals surface area contributed by atoms with Gasteiger partial charge >= 0.3 is 5.97 Å². The molecule has 0 saturated heterocycles. The van der Waals surface area contributed by atoms with Crippen molar-refractivity contribution in [1.82, 2.24) is 15.0 Å². The Kier molecular flexibility index (Phi) is 6.87. The number of aryl methyl sites for hydroxylation is 1. The van der Waals surface area contributed by atoms with Crippen LogP contribution in [0.1, 0.15) is 76.3 Å². The van der Waals surface area contributed by atoms with Gasteiger partial charge in [-0.3, -0.25) is 4.79 Å². The number of rotatable bonds is 7. The van der Waals surface area contributed by atoms with Crippen LogP contribution in [0.2, 0.25) is 0 Å². The Bertz CT molecular complexity index is 748. The van der Waals surface area contributed by atoms with Crippen molar-refractivity contribution in [2.45, 2.75) is 71.6 Å². The highest BCUT2D eigenvalue weighted by molar-refractivity contribution is 7.15. The molecule has 0 aliphatic heterocycles. The molecule has 0 spiro atoms. The predicted octanol–water partition coefficient (Wildman–Crippen LogP) is 4.91. The first-order valence-corrected chi connectivity index (χ1v) is 9.94. The minimum Gasteiger partial charge on any atom is -0.469 e. The highest BCUT2D eigenvalue weighted by atomic mass is 32.1. The highest BCUT2D eigenvalue weighted by Crippen LogP contribution is 2.38. The number of unbranched alkanes of at least 4 members (excludes halogenated alkanes) is 1. The lowest BCUT2D eigenvalue weighted by molar-refractivity contribution is -0.140. The monoisotopic (exact) mass is 375 g/mol. The number of hydrogen-bond acceptors (Lipinski definition) is 6. The minimum absolute atomic E-state index is 0.0241. The van der Waals surface area contributed by atoms with Crippen molar-refractivity contribution in [3.63, 3.8) is 0 Å². The molecule has 6 heteroatoms. The zero-order valence-electron chi connectivity index (χ0n) is 16.6. The molecule has 2 heterocycles. The third-order valence-corrected chi connectivity index (χ3v) is 5.56. The van der Waals surface area contributed by atoms with E-state index in [0.717, 1.165) is 46.4 Å². The number of hydrogen-bond donors (Lipinski definition) is 0. The molecule has 2 aromatic heterocycles. The summed E-state index contributed by atoms with van der Waals surface area (Å²) in [5.74, 6) is 0.990. The Morgan fingerprint density at radius 2 is 1.96 bits per heavy atom. The van der Waals surface area contributed by atoms with Crippen LogP contribution in [0.3, 0.4) is 0 Å². The lowest BCUT2D eigenvalue weighted by Crippen LogP contribution is -2.10. The highest BCUT2D eigenvalue weighted by Gasteiger charge is 2.24. The minimum atomic E-state index is -0.166. The molecule has 0 atom stereocenters. The number of carbonyl (C=O) groups is 1. The van der Waals surface area contributed by atoms with Gasteiger partial charge in [-0.2, -0.15) is 0 Å². The van der Waals surface area contributed by atoms with Gasteiger partial charge in [-0.1, -0.05) is 34.6 Å². The number of methoxy groups -OCH3 is 1. The fourth-order valence-corrected chi connectivity index (χ4v) is 3.78. The number of nitrogens with zero attached hydrogens (tertiary/aromatic N) is 3. The van der Waals surface area contributed by atoms with E-state index in [1.165, 1.54) is 7.11 Å². The lowest BCUT2D eigenvalue weighted by Gasteiger charge is -2.13. The van der Waals surface area contributed by atoms with E-state index in [1.54, 1.807) is 11.3 Å². The van der Waals surface area contributed by atoms with E-state index < -0.39 is 0 Å². The van der Waals surface area contributed by atoms with Crippen molar-refractivity contribution in [2.24, 2.45) is 0 Å². The molecule has 0 saturated carbocycles. The first-order valence-electron chi connectivity index (χ1n) is 9.12. The summed E-state index contributed by atoms with van der Waals surface area (Å²) >= 11 is 1.73. The molecule has 26 heavy (non-hydrogen) atoms. The van der Waals surface area contributed by atoms with E-state index in [1.807, 2.05) is 12.3 Å². The zero-order valence-corrected chi connectivity index (χ0v) is 17.4. The number of aromatic nitrogens is 3. The van der Waals surface area contributed by atoms with E-state index in [9.17, 15) is 4.79 Å². The third-order valence-electron chi connectivity index (χ3n) is 4.04. The fraction of sp³-hybridized carbons (Fsp3) is 0.600. The average Bonchev–Trinajstić information content (AvgIpc) is 3.05. The second kappa shape index (κ2) is 8.71. The lowest BCUT2D eigenvalue weighted by atomic mass is 9.98. The molecular weight excluding hydrogens is 346 g/mol. The van der Waals surface area contributed by atoms with Crippen molar-refractivity contribution in [3.8, 4) is 10.6 Å². The number of carbonyl (C=O) groups excluding carboxylic acids is 1. The quantitative estimate of drug-likeness (QED) is 0.508. The van der Waals surface area contributed by atoms with Crippen LogP contribution in [-0.4, -0.2) is 28.0 Å². The Balaban J connectivity index is 2.19. The molecule has 0 aliphatic rings. The van der Waals surface area contributed by atoms with Crippen LogP contribution in [0.25, 0.3) is 10.6 Å². The van der Waals surface area contributed by atoms with Crippen LogP contribution in [0.15, 0.2) is 12.3 Å². The first kappa shape index (κ1) is 20.5. The molecule has 0 radical (unpaired) electrons. The van der Waals surface area contributed by atoms with Crippen molar-refractivity contribution >= 4 is 17.3 Å². The van der Waals surface area contributed by atoms with E-state index >= 15 is 0 Å². The van der Waals surface area contributed by atoms with Crippen LogP contribution >= 0.6 is 11.3 Å². The maximum atomic E-state index is 11.2. The molecule has 0 aromatic carbocycles. The van der Waals surface area contributed by atoms with E-state index in [4.69, 9.17) is 9.97 Å². The first-order chi connectivity index (χ1) is 12.2. The van der Waals surface area contributed by atoms with Crippen molar-refractivity contribution in [3.05, 3.63) is 28.8 Å². The van der Waals surface area contributed by atoms with Gasteiger partial charge in [0.1, 0.15) is 5.82 Å². The molecule has 5 nitrogen and oxygen atoms in total. The van der Waals surface area contributed by atoms with E-state index in [0.29, 0.717) is 12.3 Å². The van der Waals surface area contributed by atoms with Gasteiger partial charge in [0.2, 0.25) is 0 Å². The van der Waals surface area contributed by atoms with Gasteiger partial charge in [-0.25, -0.2) is 15.0 Å². The molecule has 0 unspecified atom stereocenters. The fourth-order valence-electron chi connectivity index (χ4n) is 2.53. The van der Waals surface area contributed by atoms with E-state index in [2.05, 4.69) is 44.3 Å². The SMILES string of the molecule is COC(=O)CCCCc1nccc(-c2sc(C(C)(C)C)nc2C(C)C)n1. The van der Waals surface area contributed by atoms with Crippen LogP contribution in [-0.2, 0) is 21.4 Å². The number of thiazole rings is 1. The van der Waals surface area contributed by atoms with Crippen LogP contribution in [0.5, 0.6) is 0 Å². The Hall–Kier alpha value is -1.82. The second-order valence-electron chi connectivity index (χ2n) is 7.78. The van der Waals surface area contributed by atoms with Gasteiger partial charge in [0.25, 0.3) is 0 Å². The molecular formula is C20H29N3O2S. The van der Waals surface area contributed by atoms with Gasteiger partial charge in [0, 0.05) is 24.5 Å². The summed E-state index contributed by atoms with van der Waals surface area (Å²) in [5.41, 5.74) is 2.07. The molecule has 2 aromatic rings. The van der Waals surface area contributed by atoms with Gasteiger partial charge in [-0.05, 0) is 24.8 Å². The molecule has 142 valence electrons. The smallest absolute Gasteiger partial charge is 0.305 e. The normalized spacial score (nSPS) is 11.8. The van der Waals surface area contributed by atoms with Crippen LogP contribution in [0.4, 0.5) is 0 Å². The molecule has 0 bridgehead atoms. The maximum Gasteiger partial charge on any atom is 0.305 e. The second-order valence-corrected chi connectivity index (χ2v) is 8.78. The molecule has 0 N–H and O–H groups in total. The summed E-state index contributed by atoms with van der Waals surface area (Å²) in [6.07, 6.45) is 4.67. The average molecular weight is 376 g/mol. The van der Waals surface area contributed by atoms with Crippen molar-refractivity contribution in [2.75, 3.05) is 7.11 Å². The molecule has 0 aliphatic carbocycles. The van der Waals surface area contributed by atoms with Gasteiger partial charge in [0.15, 0.2) is 0 Å². The topological polar surface area (TPSA) is 65.0 Å². The summed E-state index contributed by atoms with van der Waals surface area (Å²) in [4.78, 5) is 26.4. The van der Waals surface area contributed by atoms with Gasteiger partial charge in [-0.15, -0.1) is 11.3 Å². The standard InChI is InChI=1S/C20H29N3O2S/c1-13(2)17-18(26-19(23-17)20(3,4)5)14-11-12-21-15(22-14)9-7-8-10-16(24)25-6/h11-13H,7-10H2,1-6H3. The Morgan fingerprint density at radius 3 is 2.58 bits per heavy atom. The van der Waals surface area contributed by atoms with E-state index in [-0.39, 0.29) is 11.4 Å². The van der Waals surface area contributed by atoms with Crippen molar-refractivity contribution < 1.29 is 9.53 Å². The summed E-state index contributed by atoms with van der Waals surface area (Å²) in [6.45, 7) is 10.9. The van der Waals surface area contributed by atoms with Gasteiger partial charge in [0.05, 0.1) is 28.4 Å². The number of ether oxygens (including phenoxy) is 1. The predicted molar refractivity (Wildman–Crippen MR) is 106 cm³/mol. The third kappa shape index (κ3) is 5.34. The summed E-state index contributed by atoms with van der Waals surface area (Å²) in [6, 6.07) is 1.96. The zero-order chi connectivity index (χ0) is 19.3. The van der Waals surface area contributed by atoms with Gasteiger partial charge < -0.3 is 4.74 Å². The Labute approximate surface area is 160 Å². The molecule has 0 amide bonds. The van der Waals surface area contributed by atoms with Crippen LogP contribution in [0, 0.1) is 0 Å². The maximum absolute atomic E-state index is 11.2. The van der Waals surface area contributed by atoms with Crippen LogP contribution < -0.4 is 0 Å². The summed E-state index contributed by atoms with van der Waals surface area (Å²) in [5, 5.41) is 1.13. The van der Waals surface area contributed by atoms with Crippen molar-refractivity contribution in [1.29, 1.82) is 0 Å². The Morgan fingerprint density at radius 1 is 1.23 bits per heavy atom. The molecule has 2 rings (SSSR count). The molecule has 0 fully saturated rings. The summed E-state index contributed by atoms with van der Waals surface area (Å²) < 4.78 is 4.67. The number of esters is 1. The largest absolute Gasteiger partial charge is 0.469 e. The summed E-state index contributed by atoms with van der Waals surface area (Å²) in [7, 11) is 1.42.